The van der Waals surface area contributed by atoms with Gasteiger partial charge in [-0.15, -0.1) is 0 Å². The number of hydrogen-bond donors (Lipinski definition) is 2. The SMILES string of the molecule is Cc1nnccc1Nc1cc(C2CCC(C)C2)[nH]n1. The third-order valence-electron chi connectivity index (χ3n) is 3.90. The van der Waals surface area contributed by atoms with Crippen molar-refractivity contribution < 1.29 is 0 Å². The third-order valence-corrected chi connectivity index (χ3v) is 3.90. The van der Waals surface area contributed by atoms with Crippen LogP contribution in [-0.2, 0) is 0 Å². The van der Waals surface area contributed by atoms with E-state index >= 15 is 0 Å². The maximum atomic E-state index is 4.34. The highest BCUT2D eigenvalue weighted by molar-refractivity contribution is 5.57. The Morgan fingerprint density at radius 1 is 1.37 bits per heavy atom. The van der Waals surface area contributed by atoms with Crippen LogP contribution in [0.2, 0.25) is 0 Å². The molecule has 0 spiro atoms. The summed E-state index contributed by atoms with van der Waals surface area (Å²) in [4.78, 5) is 0. The van der Waals surface area contributed by atoms with E-state index in [1.807, 2.05) is 13.0 Å². The molecule has 2 aromatic heterocycles. The van der Waals surface area contributed by atoms with E-state index in [0.29, 0.717) is 5.92 Å². The predicted octanol–water partition coefficient (Wildman–Crippen LogP) is 3.16. The summed E-state index contributed by atoms with van der Waals surface area (Å²) in [5, 5.41) is 18.6. The Kier molecular flexibility index (Phi) is 3.19. The Bertz CT molecular complexity index is 562. The molecule has 19 heavy (non-hydrogen) atoms. The van der Waals surface area contributed by atoms with Gasteiger partial charge < -0.3 is 5.32 Å². The number of hydrogen-bond acceptors (Lipinski definition) is 4. The fourth-order valence-corrected chi connectivity index (χ4v) is 2.77. The summed E-state index contributed by atoms with van der Waals surface area (Å²) < 4.78 is 0. The van der Waals surface area contributed by atoms with Gasteiger partial charge in [0.1, 0.15) is 0 Å². The zero-order chi connectivity index (χ0) is 13.2. The minimum absolute atomic E-state index is 0.634. The minimum atomic E-state index is 0.634. The summed E-state index contributed by atoms with van der Waals surface area (Å²) in [5.74, 6) is 2.32. The number of nitrogens with zero attached hydrogens (tertiary/aromatic N) is 3. The molecule has 0 radical (unpaired) electrons. The van der Waals surface area contributed by atoms with Crippen LogP contribution in [0, 0.1) is 12.8 Å². The molecule has 0 aromatic carbocycles. The van der Waals surface area contributed by atoms with Gasteiger partial charge in [-0.3, -0.25) is 5.10 Å². The number of rotatable bonds is 3. The third kappa shape index (κ3) is 2.59. The van der Waals surface area contributed by atoms with Crippen LogP contribution in [0.25, 0.3) is 0 Å². The second kappa shape index (κ2) is 4.99. The van der Waals surface area contributed by atoms with Crippen molar-refractivity contribution in [2.75, 3.05) is 5.32 Å². The van der Waals surface area contributed by atoms with Crippen LogP contribution in [0.4, 0.5) is 11.5 Å². The molecule has 0 bridgehead atoms. The molecule has 2 aromatic rings. The smallest absolute Gasteiger partial charge is 0.152 e. The standard InChI is InChI=1S/C14H19N5/c1-9-3-4-11(7-9)13-8-14(19-18-13)16-12-5-6-15-17-10(12)2/h5-6,8-9,11H,3-4,7H2,1-2H3,(H2,15,16,18,19). The highest BCUT2D eigenvalue weighted by Gasteiger charge is 2.24. The lowest BCUT2D eigenvalue weighted by atomic mass is 10.0. The van der Waals surface area contributed by atoms with Gasteiger partial charge in [-0.2, -0.15) is 15.3 Å². The lowest BCUT2D eigenvalue weighted by molar-refractivity contribution is 0.591. The molecule has 2 unspecified atom stereocenters. The van der Waals surface area contributed by atoms with Crippen molar-refractivity contribution >= 4 is 11.5 Å². The van der Waals surface area contributed by atoms with Gasteiger partial charge in [0.2, 0.25) is 0 Å². The van der Waals surface area contributed by atoms with Gasteiger partial charge in [0.25, 0.3) is 0 Å². The molecule has 0 aliphatic heterocycles. The minimum Gasteiger partial charge on any atom is -0.337 e. The average molecular weight is 257 g/mol. The fourth-order valence-electron chi connectivity index (χ4n) is 2.77. The molecule has 2 N–H and O–H groups in total. The summed E-state index contributed by atoms with van der Waals surface area (Å²) in [7, 11) is 0. The molecule has 0 saturated heterocycles. The van der Waals surface area contributed by atoms with E-state index < -0.39 is 0 Å². The van der Waals surface area contributed by atoms with Crippen LogP contribution >= 0.6 is 0 Å². The van der Waals surface area contributed by atoms with Crippen molar-refractivity contribution in [3.05, 3.63) is 29.7 Å². The maximum Gasteiger partial charge on any atom is 0.152 e. The first kappa shape index (κ1) is 12.1. The van der Waals surface area contributed by atoms with Gasteiger partial charge in [-0.25, -0.2) is 0 Å². The molecular formula is C14H19N5. The number of nitrogens with one attached hydrogen (secondary N) is 2. The monoisotopic (exact) mass is 257 g/mol. The van der Waals surface area contributed by atoms with E-state index in [-0.39, 0.29) is 0 Å². The van der Waals surface area contributed by atoms with Crippen molar-refractivity contribution in [3.8, 4) is 0 Å². The molecule has 1 aliphatic rings. The first-order valence-electron chi connectivity index (χ1n) is 6.83. The number of anilines is 2. The maximum absolute atomic E-state index is 4.34. The molecule has 5 nitrogen and oxygen atoms in total. The lowest BCUT2D eigenvalue weighted by Gasteiger charge is -2.05. The zero-order valence-electron chi connectivity index (χ0n) is 11.3. The summed E-state index contributed by atoms with van der Waals surface area (Å²) in [6.45, 7) is 4.25. The second-order valence-corrected chi connectivity index (χ2v) is 5.48. The van der Waals surface area contributed by atoms with Gasteiger partial charge in [-0.1, -0.05) is 13.3 Å². The van der Waals surface area contributed by atoms with E-state index in [2.05, 4.69) is 38.7 Å². The average Bonchev–Trinajstić information content (AvgIpc) is 3.01. The van der Waals surface area contributed by atoms with Crippen molar-refractivity contribution in [3.63, 3.8) is 0 Å². The molecule has 1 aliphatic carbocycles. The van der Waals surface area contributed by atoms with E-state index in [9.17, 15) is 0 Å². The topological polar surface area (TPSA) is 66.5 Å². The van der Waals surface area contributed by atoms with Gasteiger partial charge >= 0.3 is 0 Å². The predicted molar refractivity (Wildman–Crippen MR) is 74.4 cm³/mol. The molecular weight excluding hydrogens is 238 g/mol. The van der Waals surface area contributed by atoms with Crippen LogP contribution in [-0.4, -0.2) is 20.4 Å². The quantitative estimate of drug-likeness (QED) is 0.886. The molecule has 0 amide bonds. The molecule has 1 saturated carbocycles. The Labute approximate surface area is 112 Å². The Hall–Kier alpha value is -1.91. The number of aryl methyl sites for hydroxylation is 1. The van der Waals surface area contributed by atoms with Crippen LogP contribution < -0.4 is 5.32 Å². The highest BCUT2D eigenvalue weighted by atomic mass is 15.2. The molecule has 2 atom stereocenters. The second-order valence-electron chi connectivity index (χ2n) is 5.48. The van der Waals surface area contributed by atoms with Crippen LogP contribution in [0.15, 0.2) is 18.3 Å². The van der Waals surface area contributed by atoms with Gasteiger partial charge in [-0.05, 0) is 31.7 Å². The van der Waals surface area contributed by atoms with Gasteiger partial charge in [0.05, 0.1) is 17.6 Å². The summed E-state index contributed by atoms with van der Waals surface area (Å²) in [6.07, 6.45) is 5.53. The first-order chi connectivity index (χ1) is 9.22. The molecule has 2 heterocycles. The summed E-state index contributed by atoms with van der Waals surface area (Å²) >= 11 is 0. The largest absolute Gasteiger partial charge is 0.337 e. The van der Waals surface area contributed by atoms with Crippen molar-refractivity contribution in [2.45, 2.75) is 39.0 Å². The molecule has 100 valence electrons. The van der Waals surface area contributed by atoms with E-state index in [0.717, 1.165) is 23.1 Å². The Morgan fingerprint density at radius 3 is 3.00 bits per heavy atom. The first-order valence-corrected chi connectivity index (χ1v) is 6.83. The van der Waals surface area contributed by atoms with Crippen molar-refractivity contribution in [1.29, 1.82) is 0 Å². The Morgan fingerprint density at radius 2 is 2.26 bits per heavy atom. The van der Waals surface area contributed by atoms with Crippen LogP contribution in [0.5, 0.6) is 0 Å². The lowest BCUT2D eigenvalue weighted by Crippen LogP contribution is -1.96. The Balaban J connectivity index is 1.73. The molecule has 3 rings (SSSR count). The van der Waals surface area contributed by atoms with Crippen molar-refractivity contribution in [1.82, 2.24) is 20.4 Å². The van der Waals surface area contributed by atoms with E-state index in [1.54, 1.807) is 6.20 Å². The van der Waals surface area contributed by atoms with Gasteiger partial charge in [0.15, 0.2) is 5.82 Å². The summed E-state index contributed by atoms with van der Waals surface area (Å²) in [6, 6.07) is 4.02. The van der Waals surface area contributed by atoms with Crippen LogP contribution in [0.1, 0.15) is 43.5 Å². The van der Waals surface area contributed by atoms with E-state index in [1.165, 1.54) is 25.0 Å². The van der Waals surface area contributed by atoms with E-state index in [4.69, 9.17) is 0 Å². The fraction of sp³-hybridized carbons (Fsp3) is 0.500. The number of aromatic nitrogens is 4. The summed E-state index contributed by atoms with van der Waals surface area (Å²) in [5.41, 5.74) is 3.07. The zero-order valence-corrected chi connectivity index (χ0v) is 11.3. The normalized spacial score (nSPS) is 22.6. The van der Waals surface area contributed by atoms with Gasteiger partial charge in [0, 0.05) is 17.7 Å². The highest BCUT2D eigenvalue weighted by Crippen LogP contribution is 2.37. The van der Waals surface area contributed by atoms with Crippen molar-refractivity contribution in [2.24, 2.45) is 5.92 Å². The molecule has 1 fully saturated rings. The number of aromatic amines is 1. The molecule has 5 heteroatoms. The van der Waals surface area contributed by atoms with Crippen LogP contribution in [0.3, 0.4) is 0 Å². The number of H-pyrrole nitrogens is 1.